The van der Waals surface area contributed by atoms with Crippen molar-refractivity contribution in [3.8, 4) is 11.5 Å². The van der Waals surface area contributed by atoms with Crippen molar-refractivity contribution in [3.63, 3.8) is 0 Å². The summed E-state index contributed by atoms with van der Waals surface area (Å²) in [5, 5.41) is 11.7. The summed E-state index contributed by atoms with van der Waals surface area (Å²) >= 11 is 1.33. The van der Waals surface area contributed by atoms with Crippen molar-refractivity contribution in [1.29, 1.82) is 0 Å². The van der Waals surface area contributed by atoms with Crippen molar-refractivity contribution in [1.82, 2.24) is 10.2 Å². The highest BCUT2D eigenvalue weighted by molar-refractivity contribution is 7.15. The van der Waals surface area contributed by atoms with E-state index in [1.165, 1.54) is 36.7 Å². The zero-order chi connectivity index (χ0) is 18.8. The lowest BCUT2D eigenvalue weighted by Gasteiger charge is -2.11. The summed E-state index contributed by atoms with van der Waals surface area (Å²) in [6.07, 6.45) is 7.81. The highest BCUT2D eigenvalue weighted by Gasteiger charge is 2.06. The normalized spacial score (nSPS) is 10.9. The van der Waals surface area contributed by atoms with Gasteiger partial charge in [-0.1, -0.05) is 43.6 Å². The number of carbonyl (C=O) groups excluding carboxylic acids is 1. The third-order valence-electron chi connectivity index (χ3n) is 3.63. The molecule has 1 amide bonds. The Hall–Kier alpha value is -2.41. The summed E-state index contributed by atoms with van der Waals surface area (Å²) in [5.41, 5.74) is 0.851. The molecule has 2 rings (SSSR count). The first-order valence-electron chi connectivity index (χ1n) is 8.72. The molecular formula is C19H25N3O3S. The quantitative estimate of drug-likeness (QED) is 0.490. The summed E-state index contributed by atoms with van der Waals surface area (Å²) in [5.74, 6) is 1.12. The molecule has 140 valence electrons. The molecule has 0 atom stereocenters. The van der Waals surface area contributed by atoms with Crippen LogP contribution in [0.1, 0.15) is 43.2 Å². The zero-order valence-corrected chi connectivity index (χ0v) is 16.3. The first-order valence-corrected chi connectivity index (χ1v) is 9.54. The van der Waals surface area contributed by atoms with E-state index in [-0.39, 0.29) is 5.91 Å². The van der Waals surface area contributed by atoms with Gasteiger partial charge in [0.25, 0.3) is 0 Å². The van der Waals surface area contributed by atoms with Crippen LogP contribution in [0.25, 0.3) is 6.08 Å². The molecule has 0 spiro atoms. The Labute approximate surface area is 158 Å². The summed E-state index contributed by atoms with van der Waals surface area (Å²) < 4.78 is 11.2. The number of benzene rings is 1. The van der Waals surface area contributed by atoms with Crippen LogP contribution in [-0.4, -0.2) is 29.8 Å². The van der Waals surface area contributed by atoms with Gasteiger partial charge in [0, 0.05) is 6.08 Å². The van der Waals surface area contributed by atoms with E-state index in [0.29, 0.717) is 17.5 Å². The number of hydrogen-bond donors (Lipinski definition) is 1. The second-order valence-electron chi connectivity index (χ2n) is 5.77. The van der Waals surface area contributed by atoms with Crippen LogP contribution in [0.5, 0.6) is 11.5 Å². The molecule has 0 radical (unpaired) electrons. The lowest BCUT2D eigenvalue weighted by atomic mass is 10.2. The number of ether oxygens (including phenoxy) is 2. The monoisotopic (exact) mass is 375 g/mol. The fraction of sp³-hybridized carbons (Fsp3) is 0.421. The Morgan fingerprint density at radius 2 is 2.08 bits per heavy atom. The van der Waals surface area contributed by atoms with Crippen molar-refractivity contribution < 1.29 is 14.3 Å². The average molecular weight is 375 g/mol. The largest absolute Gasteiger partial charge is 0.493 e. The summed E-state index contributed by atoms with van der Waals surface area (Å²) in [6, 6.07) is 5.60. The van der Waals surface area contributed by atoms with Gasteiger partial charge in [0.05, 0.1) is 13.7 Å². The lowest BCUT2D eigenvalue weighted by Crippen LogP contribution is -2.07. The number of carbonyl (C=O) groups is 1. The molecule has 1 aromatic carbocycles. The molecule has 0 fully saturated rings. The molecule has 2 aromatic rings. The second kappa shape index (κ2) is 10.6. The van der Waals surface area contributed by atoms with Crippen molar-refractivity contribution >= 4 is 28.5 Å². The summed E-state index contributed by atoms with van der Waals surface area (Å²) in [7, 11) is 1.61. The number of methoxy groups -OCH3 is 1. The van der Waals surface area contributed by atoms with Crippen molar-refractivity contribution in [2.24, 2.45) is 0 Å². The van der Waals surface area contributed by atoms with Crippen LogP contribution >= 0.6 is 11.3 Å². The number of aryl methyl sites for hydroxylation is 1. The van der Waals surface area contributed by atoms with Crippen molar-refractivity contribution in [3.05, 3.63) is 34.8 Å². The minimum atomic E-state index is -0.253. The van der Waals surface area contributed by atoms with Gasteiger partial charge in [0.15, 0.2) is 11.5 Å². The topological polar surface area (TPSA) is 73.3 Å². The first kappa shape index (κ1) is 19.9. The third-order valence-corrected chi connectivity index (χ3v) is 4.38. The third kappa shape index (κ3) is 6.48. The Morgan fingerprint density at radius 1 is 1.23 bits per heavy atom. The predicted molar refractivity (Wildman–Crippen MR) is 105 cm³/mol. The molecule has 0 unspecified atom stereocenters. The maximum absolute atomic E-state index is 11.9. The molecule has 0 bridgehead atoms. The van der Waals surface area contributed by atoms with Crippen LogP contribution in [0, 0.1) is 6.92 Å². The van der Waals surface area contributed by atoms with E-state index >= 15 is 0 Å². The maximum Gasteiger partial charge on any atom is 0.250 e. The van der Waals surface area contributed by atoms with Gasteiger partial charge in [0.2, 0.25) is 11.0 Å². The van der Waals surface area contributed by atoms with Crippen LogP contribution in [0.3, 0.4) is 0 Å². The molecule has 0 saturated carbocycles. The molecule has 7 heteroatoms. The molecule has 0 aliphatic carbocycles. The second-order valence-corrected chi connectivity index (χ2v) is 6.95. The number of anilines is 1. The highest BCUT2D eigenvalue weighted by atomic mass is 32.1. The minimum Gasteiger partial charge on any atom is -0.493 e. The van der Waals surface area contributed by atoms with E-state index in [0.717, 1.165) is 22.7 Å². The fourth-order valence-electron chi connectivity index (χ4n) is 2.28. The number of aromatic nitrogens is 2. The number of amides is 1. The molecule has 6 nitrogen and oxygen atoms in total. The smallest absolute Gasteiger partial charge is 0.250 e. The molecule has 0 aliphatic heterocycles. The van der Waals surface area contributed by atoms with E-state index < -0.39 is 0 Å². The Morgan fingerprint density at radius 3 is 2.77 bits per heavy atom. The number of unbranched alkanes of at least 4 members (excludes halogenated alkanes) is 3. The molecule has 1 N–H and O–H groups in total. The van der Waals surface area contributed by atoms with Crippen LogP contribution in [0.2, 0.25) is 0 Å². The highest BCUT2D eigenvalue weighted by Crippen LogP contribution is 2.28. The number of rotatable bonds is 10. The van der Waals surface area contributed by atoms with Crippen molar-refractivity contribution in [2.45, 2.75) is 39.5 Å². The van der Waals surface area contributed by atoms with Gasteiger partial charge in [-0.25, -0.2) is 0 Å². The van der Waals surface area contributed by atoms with Crippen LogP contribution in [0.15, 0.2) is 24.3 Å². The SMILES string of the molecule is CCCCCCOc1ccc(C=CC(=O)Nc2nnc(C)s2)cc1OC. The number of nitrogens with zero attached hydrogens (tertiary/aromatic N) is 2. The van der Waals surface area contributed by atoms with Gasteiger partial charge in [-0.3, -0.25) is 10.1 Å². The van der Waals surface area contributed by atoms with E-state index in [2.05, 4.69) is 22.4 Å². The Kier molecular flexibility index (Phi) is 8.08. The Balaban J connectivity index is 1.91. The summed E-state index contributed by atoms with van der Waals surface area (Å²) in [6.45, 7) is 4.70. The van der Waals surface area contributed by atoms with Crippen molar-refractivity contribution in [2.75, 3.05) is 19.0 Å². The Bertz CT molecular complexity index is 743. The summed E-state index contributed by atoms with van der Waals surface area (Å²) in [4.78, 5) is 11.9. The van der Waals surface area contributed by atoms with Gasteiger partial charge in [-0.15, -0.1) is 10.2 Å². The fourth-order valence-corrected chi connectivity index (χ4v) is 2.88. The molecule has 1 aromatic heterocycles. The van der Waals surface area contributed by atoms with Gasteiger partial charge in [-0.2, -0.15) is 0 Å². The minimum absolute atomic E-state index is 0.253. The van der Waals surface area contributed by atoms with Gasteiger partial charge < -0.3 is 9.47 Å². The van der Waals surface area contributed by atoms with Crippen LogP contribution in [-0.2, 0) is 4.79 Å². The molecule has 1 heterocycles. The first-order chi connectivity index (χ1) is 12.6. The molecule has 26 heavy (non-hydrogen) atoms. The van der Waals surface area contributed by atoms with E-state index in [1.54, 1.807) is 13.2 Å². The van der Waals surface area contributed by atoms with Gasteiger partial charge in [0.1, 0.15) is 5.01 Å². The van der Waals surface area contributed by atoms with Gasteiger partial charge in [-0.05, 0) is 37.1 Å². The zero-order valence-electron chi connectivity index (χ0n) is 15.4. The number of nitrogens with one attached hydrogen (secondary N) is 1. The van der Waals surface area contributed by atoms with E-state index in [4.69, 9.17) is 9.47 Å². The van der Waals surface area contributed by atoms with Crippen LogP contribution < -0.4 is 14.8 Å². The van der Waals surface area contributed by atoms with Gasteiger partial charge >= 0.3 is 0 Å². The molecule has 0 aliphatic rings. The maximum atomic E-state index is 11.9. The van der Waals surface area contributed by atoms with Crippen LogP contribution in [0.4, 0.5) is 5.13 Å². The number of hydrogen-bond acceptors (Lipinski definition) is 6. The molecule has 0 saturated heterocycles. The average Bonchev–Trinajstić information content (AvgIpc) is 3.05. The standard InChI is InChI=1S/C19H25N3O3S/c1-4-5-6-7-12-25-16-10-8-15(13-17(16)24-3)9-11-18(23)20-19-22-21-14(2)26-19/h8-11,13H,4-7,12H2,1-3H3,(H,20,22,23). The lowest BCUT2D eigenvalue weighted by molar-refractivity contribution is -0.111. The molecular weight excluding hydrogens is 350 g/mol. The predicted octanol–water partition coefficient (Wildman–Crippen LogP) is 4.47. The van der Waals surface area contributed by atoms with E-state index in [9.17, 15) is 4.79 Å². The van der Waals surface area contributed by atoms with E-state index in [1.807, 2.05) is 25.1 Å².